The van der Waals surface area contributed by atoms with Gasteiger partial charge < -0.3 is 0 Å². The van der Waals surface area contributed by atoms with E-state index in [0.29, 0.717) is 5.92 Å². The zero-order chi connectivity index (χ0) is 17.4. The Balaban J connectivity index is 2.30. The monoisotopic (exact) mass is 319 g/mol. The van der Waals surface area contributed by atoms with E-state index in [1.54, 1.807) is 0 Å². The molecule has 3 aromatic rings. The summed E-state index contributed by atoms with van der Waals surface area (Å²) in [5, 5.41) is 0. The number of rotatable bonds is 3. The van der Waals surface area contributed by atoms with Crippen molar-refractivity contribution >= 4 is 0 Å². The molecular weight excluding hydrogens is 292 g/mol. The molecule has 0 spiro atoms. The summed E-state index contributed by atoms with van der Waals surface area (Å²) in [4.78, 5) is 0. The molecule has 124 valence electrons. The highest BCUT2D eigenvalue weighted by atomic mass is 15.4. The molecule has 2 aromatic carbocycles. The van der Waals surface area contributed by atoms with Crippen LogP contribution in [0.4, 0.5) is 0 Å². The lowest BCUT2D eigenvalue weighted by molar-refractivity contribution is -0.743. The average molecular weight is 319 g/mol. The van der Waals surface area contributed by atoms with Crippen LogP contribution in [0.3, 0.4) is 0 Å². The molecule has 0 N–H and O–H groups in total. The normalized spacial score (nSPS) is 11.3. The van der Waals surface area contributed by atoms with Crippen molar-refractivity contribution in [2.45, 2.75) is 40.5 Å². The second-order valence-corrected chi connectivity index (χ2v) is 7.07. The van der Waals surface area contributed by atoms with Crippen molar-refractivity contribution in [3.8, 4) is 16.9 Å². The van der Waals surface area contributed by atoms with E-state index in [0.717, 1.165) is 0 Å². The molecular formula is C22H27N2+. The maximum atomic E-state index is 2.33. The minimum Gasteiger partial charge on any atom is -0.120 e. The fourth-order valence-electron chi connectivity index (χ4n) is 3.73. The van der Waals surface area contributed by atoms with Crippen LogP contribution in [0.15, 0.2) is 48.7 Å². The standard InChI is InChI=1S/C22H27N2/c1-15(2)19-9-7-8-10-20(19)24-21(11-12-23(24)6)22-17(4)13-16(3)14-18(22)5/h7-15H,1-6H3/q+1. The largest absolute Gasteiger partial charge is 0.196 e. The molecule has 0 amide bonds. The molecule has 0 radical (unpaired) electrons. The minimum absolute atomic E-state index is 0.483. The number of para-hydroxylation sites is 1. The van der Waals surface area contributed by atoms with E-state index in [4.69, 9.17) is 0 Å². The van der Waals surface area contributed by atoms with Crippen molar-refractivity contribution in [1.82, 2.24) is 4.68 Å². The molecule has 24 heavy (non-hydrogen) atoms. The van der Waals surface area contributed by atoms with Gasteiger partial charge in [0.15, 0.2) is 13.2 Å². The van der Waals surface area contributed by atoms with Crippen LogP contribution in [0.5, 0.6) is 0 Å². The van der Waals surface area contributed by atoms with Gasteiger partial charge in [-0.15, -0.1) is 9.36 Å². The van der Waals surface area contributed by atoms with E-state index >= 15 is 0 Å². The third-order valence-corrected chi connectivity index (χ3v) is 4.71. The lowest BCUT2D eigenvalue weighted by atomic mass is 9.96. The zero-order valence-electron chi connectivity index (χ0n) is 15.6. The molecule has 1 heterocycles. The summed E-state index contributed by atoms with van der Waals surface area (Å²) in [6.07, 6.45) is 2.14. The van der Waals surface area contributed by atoms with Crippen molar-refractivity contribution in [2.24, 2.45) is 7.05 Å². The van der Waals surface area contributed by atoms with Crippen molar-refractivity contribution in [3.63, 3.8) is 0 Å². The van der Waals surface area contributed by atoms with Gasteiger partial charge in [0.2, 0.25) is 0 Å². The van der Waals surface area contributed by atoms with Crippen LogP contribution < -0.4 is 4.68 Å². The first kappa shape index (κ1) is 16.5. The number of hydrogen-bond acceptors (Lipinski definition) is 0. The van der Waals surface area contributed by atoms with Crippen LogP contribution in [0.25, 0.3) is 16.9 Å². The average Bonchev–Trinajstić information content (AvgIpc) is 2.87. The first-order valence-corrected chi connectivity index (χ1v) is 8.65. The summed E-state index contributed by atoms with van der Waals surface area (Å²) in [7, 11) is 2.11. The van der Waals surface area contributed by atoms with Gasteiger partial charge in [0, 0.05) is 11.6 Å². The summed E-state index contributed by atoms with van der Waals surface area (Å²) in [6.45, 7) is 11.1. The molecule has 0 aliphatic rings. The Kier molecular flexibility index (Phi) is 4.31. The van der Waals surface area contributed by atoms with Crippen LogP contribution in [0.1, 0.15) is 42.0 Å². The highest BCUT2D eigenvalue weighted by Crippen LogP contribution is 2.31. The van der Waals surface area contributed by atoms with E-state index in [2.05, 4.69) is 99.7 Å². The van der Waals surface area contributed by atoms with Crippen molar-refractivity contribution in [2.75, 3.05) is 0 Å². The summed E-state index contributed by atoms with van der Waals surface area (Å²) < 4.78 is 4.51. The molecule has 2 nitrogen and oxygen atoms in total. The molecule has 1 aromatic heterocycles. The second kappa shape index (κ2) is 6.27. The zero-order valence-corrected chi connectivity index (χ0v) is 15.6. The minimum atomic E-state index is 0.483. The fourth-order valence-corrected chi connectivity index (χ4v) is 3.73. The fraction of sp³-hybridized carbons (Fsp3) is 0.318. The van der Waals surface area contributed by atoms with Crippen LogP contribution >= 0.6 is 0 Å². The molecule has 0 aliphatic carbocycles. The quantitative estimate of drug-likeness (QED) is 0.600. The van der Waals surface area contributed by atoms with Crippen molar-refractivity contribution < 1.29 is 4.68 Å². The Morgan fingerprint density at radius 3 is 2.17 bits per heavy atom. The van der Waals surface area contributed by atoms with Crippen LogP contribution in [0.2, 0.25) is 0 Å². The first-order valence-electron chi connectivity index (χ1n) is 8.65. The first-order chi connectivity index (χ1) is 11.4. The lowest BCUT2D eigenvalue weighted by Gasteiger charge is -2.16. The van der Waals surface area contributed by atoms with Crippen molar-refractivity contribution in [1.29, 1.82) is 0 Å². The third-order valence-electron chi connectivity index (χ3n) is 4.71. The predicted molar refractivity (Wildman–Crippen MR) is 101 cm³/mol. The van der Waals surface area contributed by atoms with E-state index in [9.17, 15) is 0 Å². The maximum Gasteiger partial charge on any atom is 0.196 e. The van der Waals surface area contributed by atoms with Gasteiger partial charge >= 0.3 is 0 Å². The Morgan fingerprint density at radius 2 is 1.54 bits per heavy atom. The number of nitrogens with zero attached hydrogens (tertiary/aromatic N) is 2. The molecule has 0 bridgehead atoms. The predicted octanol–water partition coefficient (Wildman–Crippen LogP) is 5.02. The Bertz CT molecular complexity index is 862. The molecule has 0 atom stereocenters. The summed E-state index contributed by atoms with van der Waals surface area (Å²) >= 11 is 0. The van der Waals surface area contributed by atoms with Gasteiger partial charge in [-0.3, -0.25) is 0 Å². The molecule has 2 heteroatoms. The molecule has 3 rings (SSSR count). The topological polar surface area (TPSA) is 8.81 Å². The van der Waals surface area contributed by atoms with E-state index in [1.165, 1.54) is 39.2 Å². The number of aromatic nitrogens is 2. The van der Waals surface area contributed by atoms with Gasteiger partial charge in [0.25, 0.3) is 0 Å². The molecule has 0 unspecified atom stereocenters. The Hall–Kier alpha value is -2.35. The summed E-state index contributed by atoms with van der Waals surface area (Å²) in [5.74, 6) is 0.483. The van der Waals surface area contributed by atoms with Crippen LogP contribution in [-0.2, 0) is 7.05 Å². The van der Waals surface area contributed by atoms with Gasteiger partial charge in [0.1, 0.15) is 11.4 Å². The Morgan fingerprint density at radius 1 is 0.917 bits per heavy atom. The second-order valence-electron chi connectivity index (χ2n) is 7.07. The third kappa shape index (κ3) is 2.77. The SMILES string of the molecule is Cc1cc(C)c(-c2cc[n+](C)n2-c2ccccc2C(C)C)c(C)c1. The van der Waals surface area contributed by atoms with Gasteiger partial charge in [-0.1, -0.05) is 49.7 Å². The van der Waals surface area contributed by atoms with Gasteiger partial charge in [-0.05, 0) is 49.4 Å². The van der Waals surface area contributed by atoms with Gasteiger partial charge in [-0.25, -0.2) is 0 Å². The lowest BCUT2D eigenvalue weighted by Crippen LogP contribution is -2.38. The Labute approximate surface area is 145 Å². The number of benzene rings is 2. The highest BCUT2D eigenvalue weighted by Gasteiger charge is 2.21. The van der Waals surface area contributed by atoms with Crippen LogP contribution in [0, 0.1) is 20.8 Å². The molecule has 0 aliphatic heterocycles. The summed E-state index contributed by atoms with van der Waals surface area (Å²) in [6, 6.07) is 15.5. The van der Waals surface area contributed by atoms with E-state index < -0.39 is 0 Å². The summed E-state index contributed by atoms with van der Waals surface area (Å²) in [5.41, 5.74) is 9.19. The van der Waals surface area contributed by atoms with Crippen molar-refractivity contribution in [3.05, 3.63) is 70.9 Å². The molecule has 0 fully saturated rings. The number of aryl methyl sites for hydroxylation is 4. The van der Waals surface area contributed by atoms with E-state index in [-0.39, 0.29) is 0 Å². The van der Waals surface area contributed by atoms with E-state index in [1.807, 2.05) is 0 Å². The van der Waals surface area contributed by atoms with Gasteiger partial charge in [-0.2, -0.15) is 0 Å². The molecule has 0 saturated heterocycles. The maximum absolute atomic E-state index is 2.33. The van der Waals surface area contributed by atoms with Gasteiger partial charge in [0.05, 0.1) is 0 Å². The van der Waals surface area contributed by atoms with Crippen LogP contribution in [-0.4, -0.2) is 4.68 Å². The smallest absolute Gasteiger partial charge is 0.120 e. The number of hydrogen-bond donors (Lipinski definition) is 0. The highest BCUT2D eigenvalue weighted by molar-refractivity contribution is 5.70. The molecule has 0 saturated carbocycles.